The molecule has 0 fully saturated rings. The molecular weight excluding hydrogens is 254 g/mol. The molecule has 0 heterocycles. The van der Waals surface area contributed by atoms with Crippen molar-refractivity contribution >= 4 is 0 Å². The van der Waals surface area contributed by atoms with Crippen molar-refractivity contribution in [2.45, 2.75) is 52.6 Å². The van der Waals surface area contributed by atoms with Gasteiger partial charge in [0.2, 0.25) is 0 Å². The Morgan fingerprint density at radius 1 is 0.762 bits per heavy atom. The van der Waals surface area contributed by atoms with E-state index in [-0.39, 0.29) is 0 Å². The van der Waals surface area contributed by atoms with Crippen molar-refractivity contribution in [2.24, 2.45) is 0 Å². The molecule has 0 aliphatic carbocycles. The molecule has 0 aliphatic rings. The third kappa shape index (κ3) is 4.44. The van der Waals surface area contributed by atoms with Gasteiger partial charge in [0, 0.05) is 12.6 Å². The first-order valence-corrected chi connectivity index (χ1v) is 8.01. The predicted octanol–water partition coefficient (Wildman–Crippen LogP) is 5.22. The van der Waals surface area contributed by atoms with E-state index in [1.807, 2.05) is 0 Å². The molecule has 0 aliphatic heterocycles. The predicted molar refractivity (Wildman–Crippen MR) is 91.6 cm³/mol. The van der Waals surface area contributed by atoms with Gasteiger partial charge in [0.1, 0.15) is 0 Å². The van der Waals surface area contributed by atoms with Crippen molar-refractivity contribution in [2.75, 3.05) is 0 Å². The lowest BCUT2D eigenvalue weighted by Crippen LogP contribution is -2.18. The van der Waals surface area contributed by atoms with E-state index in [4.69, 9.17) is 0 Å². The Labute approximate surface area is 129 Å². The van der Waals surface area contributed by atoms with Gasteiger partial charge in [0.05, 0.1) is 0 Å². The molecule has 2 aromatic carbocycles. The van der Waals surface area contributed by atoms with Crippen LogP contribution >= 0.6 is 0 Å². The second-order valence-corrected chi connectivity index (χ2v) is 6.09. The van der Waals surface area contributed by atoms with Gasteiger partial charge in [-0.15, -0.1) is 0 Å². The molecule has 0 bridgehead atoms. The summed E-state index contributed by atoms with van der Waals surface area (Å²) >= 11 is 0. The van der Waals surface area contributed by atoms with Crippen LogP contribution in [0.3, 0.4) is 0 Å². The maximum atomic E-state index is 3.60. The average Bonchev–Trinajstić information content (AvgIpc) is 2.53. The van der Waals surface area contributed by atoms with Crippen LogP contribution in [0.15, 0.2) is 48.5 Å². The molecule has 2 aromatic rings. The standard InChI is InChI=1S/C20H27N/c1-5-17-6-12-20(13-7-17)16(4)21-14-18-8-10-19(11-9-18)15(2)3/h6-13,15-16,21H,5,14H2,1-4H3. The van der Waals surface area contributed by atoms with Crippen molar-refractivity contribution in [3.63, 3.8) is 0 Å². The Hall–Kier alpha value is -1.60. The van der Waals surface area contributed by atoms with E-state index in [2.05, 4.69) is 81.5 Å². The molecule has 0 radical (unpaired) electrons. The number of hydrogen-bond acceptors (Lipinski definition) is 1. The maximum Gasteiger partial charge on any atom is 0.0294 e. The molecule has 0 amide bonds. The van der Waals surface area contributed by atoms with Crippen LogP contribution in [0.4, 0.5) is 0 Å². The molecule has 1 atom stereocenters. The largest absolute Gasteiger partial charge is 0.306 e. The normalized spacial score (nSPS) is 12.6. The summed E-state index contributed by atoms with van der Waals surface area (Å²) in [5.41, 5.74) is 5.50. The fourth-order valence-corrected chi connectivity index (χ4v) is 2.45. The Morgan fingerprint density at radius 3 is 1.81 bits per heavy atom. The molecule has 21 heavy (non-hydrogen) atoms. The minimum atomic E-state index is 0.376. The molecular formula is C20H27N. The first kappa shape index (κ1) is 15.8. The van der Waals surface area contributed by atoms with E-state index in [1.165, 1.54) is 22.3 Å². The Balaban J connectivity index is 1.92. The molecule has 1 unspecified atom stereocenters. The van der Waals surface area contributed by atoms with Crippen LogP contribution < -0.4 is 5.32 Å². The molecule has 0 spiro atoms. The second-order valence-electron chi connectivity index (χ2n) is 6.09. The number of rotatable bonds is 6. The summed E-state index contributed by atoms with van der Waals surface area (Å²) < 4.78 is 0. The number of benzene rings is 2. The van der Waals surface area contributed by atoms with Gasteiger partial charge < -0.3 is 5.32 Å². The van der Waals surface area contributed by atoms with E-state index in [0.717, 1.165) is 13.0 Å². The van der Waals surface area contributed by atoms with E-state index in [1.54, 1.807) is 0 Å². The minimum Gasteiger partial charge on any atom is -0.306 e. The monoisotopic (exact) mass is 281 g/mol. The zero-order valence-electron chi connectivity index (χ0n) is 13.7. The molecule has 0 saturated carbocycles. The summed E-state index contributed by atoms with van der Waals surface area (Å²) in [6.45, 7) is 9.79. The SMILES string of the molecule is CCc1ccc(C(C)NCc2ccc(C(C)C)cc2)cc1. The zero-order chi connectivity index (χ0) is 15.2. The number of nitrogens with one attached hydrogen (secondary N) is 1. The maximum absolute atomic E-state index is 3.60. The van der Waals surface area contributed by atoms with Crippen LogP contribution in [0, 0.1) is 0 Å². The zero-order valence-corrected chi connectivity index (χ0v) is 13.7. The van der Waals surface area contributed by atoms with E-state index in [0.29, 0.717) is 12.0 Å². The summed E-state index contributed by atoms with van der Waals surface area (Å²) in [5, 5.41) is 3.60. The van der Waals surface area contributed by atoms with Crippen molar-refractivity contribution < 1.29 is 0 Å². The summed E-state index contributed by atoms with van der Waals surface area (Å²) in [7, 11) is 0. The van der Waals surface area contributed by atoms with Crippen LogP contribution in [-0.4, -0.2) is 0 Å². The van der Waals surface area contributed by atoms with Gasteiger partial charge >= 0.3 is 0 Å². The van der Waals surface area contributed by atoms with Crippen LogP contribution in [0.2, 0.25) is 0 Å². The molecule has 1 nitrogen and oxygen atoms in total. The fourth-order valence-electron chi connectivity index (χ4n) is 2.45. The lowest BCUT2D eigenvalue weighted by Gasteiger charge is -2.15. The number of aryl methyl sites for hydroxylation is 1. The Bertz CT molecular complexity index is 537. The van der Waals surface area contributed by atoms with Gasteiger partial charge in [-0.25, -0.2) is 0 Å². The van der Waals surface area contributed by atoms with Crippen LogP contribution in [0.5, 0.6) is 0 Å². The summed E-state index contributed by atoms with van der Waals surface area (Å²) in [4.78, 5) is 0. The summed E-state index contributed by atoms with van der Waals surface area (Å²) in [6.07, 6.45) is 1.10. The lowest BCUT2D eigenvalue weighted by atomic mass is 10.0. The van der Waals surface area contributed by atoms with Gasteiger partial charge in [-0.1, -0.05) is 69.3 Å². The van der Waals surface area contributed by atoms with Crippen molar-refractivity contribution in [1.29, 1.82) is 0 Å². The molecule has 1 heteroatoms. The smallest absolute Gasteiger partial charge is 0.0294 e. The van der Waals surface area contributed by atoms with Crippen molar-refractivity contribution in [3.05, 3.63) is 70.8 Å². The third-order valence-corrected chi connectivity index (χ3v) is 4.15. The highest BCUT2D eigenvalue weighted by Crippen LogP contribution is 2.17. The van der Waals surface area contributed by atoms with Gasteiger partial charge in [-0.05, 0) is 41.5 Å². The molecule has 0 saturated heterocycles. The highest BCUT2D eigenvalue weighted by atomic mass is 14.9. The quantitative estimate of drug-likeness (QED) is 0.765. The molecule has 0 aromatic heterocycles. The van der Waals surface area contributed by atoms with E-state index in [9.17, 15) is 0 Å². The van der Waals surface area contributed by atoms with Crippen LogP contribution in [-0.2, 0) is 13.0 Å². The summed E-state index contributed by atoms with van der Waals surface area (Å²) in [5.74, 6) is 0.600. The first-order valence-electron chi connectivity index (χ1n) is 8.01. The lowest BCUT2D eigenvalue weighted by molar-refractivity contribution is 0.574. The topological polar surface area (TPSA) is 12.0 Å². The Morgan fingerprint density at radius 2 is 1.29 bits per heavy atom. The van der Waals surface area contributed by atoms with E-state index < -0.39 is 0 Å². The van der Waals surface area contributed by atoms with Gasteiger partial charge in [0.25, 0.3) is 0 Å². The molecule has 2 rings (SSSR count). The third-order valence-electron chi connectivity index (χ3n) is 4.15. The minimum absolute atomic E-state index is 0.376. The van der Waals surface area contributed by atoms with Crippen LogP contribution in [0.1, 0.15) is 61.9 Å². The highest BCUT2D eigenvalue weighted by molar-refractivity contribution is 5.26. The second kappa shape index (κ2) is 7.42. The average molecular weight is 281 g/mol. The van der Waals surface area contributed by atoms with Gasteiger partial charge in [-0.2, -0.15) is 0 Å². The highest BCUT2D eigenvalue weighted by Gasteiger charge is 2.05. The Kier molecular flexibility index (Phi) is 5.58. The number of hydrogen-bond donors (Lipinski definition) is 1. The van der Waals surface area contributed by atoms with Crippen molar-refractivity contribution in [1.82, 2.24) is 5.32 Å². The van der Waals surface area contributed by atoms with Gasteiger partial charge in [-0.3, -0.25) is 0 Å². The first-order chi connectivity index (χ1) is 10.1. The fraction of sp³-hybridized carbons (Fsp3) is 0.400. The van der Waals surface area contributed by atoms with Crippen LogP contribution in [0.25, 0.3) is 0 Å². The molecule has 112 valence electrons. The summed E-state index contributed by atoms with van der Waals surface area (Å²) in [6, 6.07) is 18.2. The van der Waals surface area contributed by atoms with Gasteiger partial charge in [0.15, 0.2) is 0 Å². The van der Waals surface area contributed by atoms with Crippen molar-refractivity contribution in [3.8, 4) is 0 Å². The van der Waals surface area contributed by atoms with E-state index >= 15 is 0 Å². The molecule has 1 N–H and O–H groups in total.